The Bertz CT molecular complexity index is 338. The Morgan fingerprint density at radius 1 is 1.56 bits per heavy atom. The van der Waals surface area contributed by atoms with E-state index in [1.54, 1.807) is 11.9 Å². The highest BCUT2D eigenvalue weighted by Crippen LogP contribution is 2.15. The van der Waals surface area contributed by atoms with E-state index >= 15 is 0 Å². The molecule has 0 aliphatic heterocycles. The van der Waals surface area contributed by atoms with Crippen LogP contribution in [0.4, 0.5) is 4.79 Å². The molecule has 0 spiro atoms. The molecule has 0 aliphatic carbocycles. The minimum Gasteiger partial charge on any atom is -0.452 e. The van der Waals surface area contributed by atoms with E-state index in [-0.39, 0.29) is 6.03 Å². The maximum atomic E-state index is 11.6. The standard InChI is InChI=1S/C11H17BrN2O2/c1-3-4-7-13-11(15)14(2)8-9-5-6-10(12)16-9/h5-6H,3-4,7-8H2,1-2H3,(H,13,15). The average molecular weight is 289 g/mol. The van der Waals surface area contributed by atoms with Crippen molar-refractivity contribution in [3.05, 3.63) is 22.6 Å². The van der Waals surface area contributed by atoms with Gasteiger partial charge in [-0.25, -0.2) is 4.79 Å². The maximum absolute atomic E-state index is 11.6. The predicted octanol–water partition coefficient (Wildman–Crippen LogP) is 2.98. The van der Waals surface area contributed by atoms with Crippen molar-refractivity contribution in [1.29, 1.82) is 0 Å². The summed E-state index contributed by atoms with van der Waals surface area (Å²) in [6.45, 7) is 3.29. The average Bonchev–Trinajstić information content (AvgIpc) is 2.64. The van der Waals surface area contributed by atoms with Crippen molar-refractivity contribution < 1.29 is 9.21 Å². The SMILES string of the molecule is CCCCNC(=O)N(C)Cc1ccc(Br)o1. The number of amides is 2. The summed E-state index contributed by atoms with van der Waals surface area (Å²) in [7, 11) is 1.75. The fraction of sp³-hybridized carbons (Fsp3) is 0.545. The smallest absolute Gasteiger partial charge is 0.317 e. The van der Waals surface area contributed by atoms with Crippen molar-refractivity contribution in [3.8, 4) is 0 Å². The van der Waals surface area contributed by atoms with Gasteiger partial charge in [-0.1, -0.05) is 13.3 Å². The second kappa shape index (κ2) is 6.58. The zero-order chi connectivity index (χ0) is 12.0. The zero-order valence-electron chi connectivity index (χ0n) is 9.62. The van der Waals surface area contributed by atoms with Gasteiger partial charge in [0.1, 0.15) is 5.76 Å². The summed E-state index contributed by atoms with van der Waals surface area (Å²) in [6, 6.07) is 3.60. The van der Waals surface area contributed by atoms with Gasteiger partial charge in [-0.3, -0.25) is 0 Å². The van der Waals surface area contributed by atoms with Crippen LogP contribution in [0.5, 0.6) is 0 Å². The highest BCUT2D eigenvalue weighted by molar-refractivity contribution is 9.10. The number of rotatable bonds is 5. The summed E-state index contributed by atoms with van der Waals surface area (Å²) in [5.74, 6) is 0.764. The van der Waals surface area contributed by atoms with Crippen molar-refractivity contribution in [2.45, 2.75) is 26.3 Å². The van der Waals surface area contributed by atoms with Gasteiger partial charge in [0.2, 0.25) is 0 Å². The van der Waals surface area contributed by atoms with Crippen LogP contribution in [0.2, 0.25) is 0 Å². The Hall–Kier alpha value is -0.970. The maximum Gasteiger partial charge on any atom is 0.317 e. The first-order valence-electron chi connectivity index (χ1n) is 5.36. The highest BCUT2D eigenvalue weighted by Gasteiger charge is 2.10. The summed E-state index contributed by atoms with van der Waals surface area (Å²) in [4.78, 5) is 13.2. The summed E-state index contributed by atoms with van der Waals surface area (Å²) < 4.78 is 6.01. The Balaban J connectivity index is 2.34. The van der Waals surface area contributed by atoms with E-state index in [9.17, 15) is 4.79 Å². The number of nitrogens with zero attached hydrogens (tertiary/aromatic N) is 1. The van der Waals surface area contributed by atoms with E-state index in [4.69, 9.17) is 4.42 Å². The third-order valence-corrected chi connectivity index (χ3v) is 2.60. The molecule has 0 bridgehead atoms. The molecule has 0 radical (unpaired) electrons. The molecule has 1 aromatic rings. The molecule has 90 valence electrons. The van der Waals surface area contributed by atoms with Gasteiger partial charge in [0.05, 0.1) is 6.54 Å². The predicted molar refractivity (Wildman–Crippen MR) is 66.2 cm³/mol. The number of hydrogen-bond acceptors (Lipinski definition) is 2. The van der Waals surface area contributed by atoms with Crippen LogP contribution in [0.25, 0.3) is 0 Å². The summed E-state index contributed by atoms with van der Waals surface area (Å²) in [5, 5.41) is 2.84. The van der Waals surface area contributed by atoms with E-state index in [1.807, 2.05) is 12.1 Å². The van der Waals surface area contributed by atoms with Gasteiger partial charge < -0.3 is 14.6 Å². The minimum absolute atomic E-state index is 0.0685. The molecule has 0 fully saturated rings. The van der Waals surface area contributed by atoms with Crippen molar-refractivity contribution in [3.63, 3.8) is 0 Å². The van der Waals surface area contributed by atoms with Gasteiger partial charge in [-0.15, -0.1) is 0 Å². The van der Waals surface area contributed by atoms with Crippen LogP contribution < -0.4 is 5.32 Å². The molecule has 16 heavy (non-hydrogen) atoms. The van der Waals surface area contributed by atoms with Crippen LogP contribution in [0.3, 0.4) is 0 Å². The Labute approximate surface area is 104 Å². The second-order valence-electron chi connectivity index (χ2n) is 3.65. The van der Waals surface area contributed by atoms with E-state index < -0.39 is 0 Å². The van der Waals surface area contributed by atoms with Crippen molar-refractivity contribution in [2.75, 3.05) is 13.6 Å². The number of urea groups is 1. The third kappa shape index (κ3) is 4.26. The van der Waals surface area contributed by atoms with Gasteiger partial charge in [0, 0.05) is 13.6 Å². The van der Waals surface area contributed by atoms with Crippen LogP contribution >= 0.6 is 15.9 Å². The molecular formula is C11H17BrN2O2. The highest BCUT2D eigenvalue weighted by atomic mass is 79.9. The third-order valence-electron chi connectivity index (χ3n) is 2.18. The quantitative estimate of drug-likeness (QED) is 0.847. The lowest BCUT2D eigenvalue weighted by Crippen LogP contribution is -2.37. The lowest BCUT2D eigenvalue weighted by Gasteiger charge is -2.16. The summed E-state index contributed by atoms with van der Waals surface area (Å²) in [6.07, 6.45) is 2.08. The van der Waals surface area contributed by atoms with Crippen molar-refractivity contribution in [1.82, 2.24) is 10.2 Å². The molecule has 4 nitrogen and oxygen atoms in total. The lowest BCUT2D eigenvalue weighted by atomic mass is 10.3. The van der Waals surface area contributed by atoms with E-state index in [0.29, 0.717) is 11.2 Å². The number of furan rings is 1. The molecule has 0 unspecified atom stereocenters. The number of carbonyl (C=O) groups is 1. The number of carbonyl (C=O) groups excluding carboxylic acids is 1. The molecule has 1 heterocycles. The molecule has 1 aromatic heterocycles. The fourth-order valence-electron chi connectivity index (χ4n) is 1.25. The minimum atomic E-state index is -0.0685. The van der Waals surface area contributed by atoms with Crippen LogP contribution in [-0.2, 0) is 6.54 Å². The van der Waals surface area contributed by atoms with Gasteiger partial charge in [0.15, 0.2) is 4.67 Å². The van der Waals surface area contributed by atoms with Crippen LogP contribution in [0.1, 0.15) is 25.5 Å². The van der Waals surface area contributed by atoms with Gasteiger partial charge >= 0.3 is 6.03 Å². The molecule has 1 N–H and O–H groups in total. The van der Waals surface area contributed by atoms with Crippen LogP contribution in [0, 0.1) is 0 Å². The zero-order valence-corrected chi connectivity index (χ0v) is 11.2. The first-order chi connectivity index (χ1) is 7.63. The second-order valence-corrected chi connectivity index (χ2v) is 4.43. The molecule has 0 aromatic carbocycles. The van der Waals surface area contributed by atoms with E-state index in [1.165, 1.54) is 0 Å². The van der Waals surface area contributed by atoms with Gasteiger partial charge in [-0.05, 0) is 34.5 Å². The van der Waals surface area contributed by atoms with Gasteiger partial charge in [-0.2, -0.15) is 0 Å². The number of hydrogen-bond donors (Lipinski definition) is 1. The van der Waals surface area contributed by atoms with Crippen molar-refractivity contribution in [2.24, 2.45) is 0 Å². The Morgan fingerprint density at radius 3 is 2.88 bits per heavy atom. The molecule has 5 heteroatoms. The fourth-order valence-corrected chi connectivity index (χ4v) is 1.59. The number of halogens is 1. The normalized spacial score (nSPS) is 10.2. The topological polar surface area (TPSA) is 45.5 Å². The van der Waals surface area contributed by atoms with Gasteiger partial charge in [0.25, 0.3) is 0 Å². The number of unbranched alkanes of at least 4 members (excludes halogenated alkanes) is 1. The Kier molecular flexibility index (Phi) is 5.38. The molecular weight excluding hydrogens is 272 g/mol. The molecule has 0 aliphatic rings. The molecule has 0 saturated carbocycles. The largest absolute Gasteiger partial charge is 0.452 e. The monoisotopic (exact) mass is 288 g/mol. The molecule has 1 rings (SSSR count). The van der Waals surface area contributed by atoms with Crippen LogP contribution in [-0.4, -0.2) is 24.5 Å². The number of nitrogens with one attached hydrogen (secondary N) is 1. The van der Waals surface area contributed by atoms with Crippen molar-refractivity contribution >= 4 is 22.0 Å². The first-order valence-corrected chi connectivity index (χ1v) is 6.16. The van der Waals surface area contributed by atoms with E-state index in [0.717, 1.165) is 25.1 Å². The molecule has 0 saturated heterocycles. The summed E-state index contributed by atoms with van der Waals surface area (Å²) >= 11 is 3.22. The first kappa shape index (κ1) is 13.1. The molecule has 0 atom stereocenters. The van der Waals surface area contributed by atoms with Crippen LogP contribution in [0.15, 0.2) is 21.2 Å². The molecule has 2 amide bonds. The summed E-state index contributed by atoms with van der Waals surface area (Å²) in [5.41, 5.74) is 0. The van der Waals surface area contributed by atoms with E-state index in [2.05, 4.69) is 28.2 Å². The lowest BCUT2D eigenvalue weighted by molar-refractivity contribution is 0.202. The Morgan fingerprint density at radius 2 is 2.31 bits per heavy atom.